The highest BCUT2D eigenvalue weighted by atomic mass is 16.1. The predicted octanol–water partition coefficient (Wildman–Crippen LogP) is 0.995. The van der Waals surface area contributed by atoms with Crippen LogP contribution in [-0.4, -0.2) is 19.4 Å². The van der Waals surface area contributed by atoms with E-state index in [0.717, 1.165) is 5.56 Å². The Labute approximate surface area is 107 Å². The summed E-state index contributed by atoms with van der Waals surface area (Å²) in [6.07, 6.45) is 3.28. The minimum atomic E-state index is -0.300. The predicted molar refractivity (Wildman–Crippen MR) is 71.3 cm³/mol. The molecule has 0 saturated heterocycles. The van der Waals surface area contributed by atoms with Crippen molar-refractivity contribution in [3.05, 3.63) is 56.8 Å². The maximum atomic E-state index is 12.1. The highest BCUT2D eigenvalue weighted by molar-refractivity contribution is 5.64. The Balaban J connectivity index is 2.48. The third-order valence-corrected chi connectivity index (χ3v) is 3.20. The van der Waals surface area contributed by atoms with Crippen molar-refractivity contribution in [1.82, 2.24) is 19.4 Å². The number of nitrogens with one attached hydrogen (secondary N) is 2. The highest BCUT2D eigenvalue weighted by Crippen LogP contribution is 2.19. The first-order valence-electron chi connectivity index (χ1n) is 5.84. The zero-order valence-corrected chi connectivity index (χ0v) is 10.5. The number of aryl methyl sites for hydroxylation is 2. The SMILES string of the molecule is Cc1[nH]c(=O)n2c(C)c(-c3ccncc3)[nH]c(=O)c12. The van der Waals surface area contributed by atoms with Gasteiger partial charge >= 0.3 is 5.69 Å². The average molecular weight is 256 g/mol. The molecule has 0 bridgehead atoms. The summed E-state index contributed by atoms with van der Waals surface area (Å²) in [6.45, 7) is 3.50. The third-order valence-electron chi connectivity index (χ3n) is 3.20. The number of hydrogen-bond donors (Lipinski definition) is 2. The number of aromatic amines is 2. The van der Waals surface area contributed by atoms with Crippen LogP contribution in [-0.2, 0) is 0 Å². The van der Waals surface area contributed by atoms with E-state index in [1.54, 1.807) is 38.4 Å². The van der Waals surface area contributed by atoms with Gasteiger partial charge in [-0.3, -0.25) is 14.2 Å². The first-order valence-corrected chi connectivity index (χ1v) is 5.84. The van der Waals surface area contributed by atoms with Gasteiger partial charge in [0, 0.05) is 29.3 Å². The van der Waals surface area contributed by atoms with Crippen molar-refractivity contribution in [1.29, 1.82) is 0 Å². The molecule has 96 valence electrons. The third kappa shape index (κ3) is 1.61. The Bertz CT molecular complexity index is 871. The second-order valence-corrected chi connectivity index (χ2v) is 4.39. The molecule has 0 saturated carbocycles. The van der Waals surface area contributed by atoms with Crippen molar-refractivity contribution < 1.29 is 0 Å². The summed E-state index contributed by atoms with van der Waals surface area (Å²) in [4.78, 5) is 33.4. The van der Waals surface area contributed by atoms with Gasteiger partial charge in [0.05, 0.1) is 5.69 Å². The standard InChI is InChI=1S/C13H12N4O2/c1-7-11-12(18)16-10(9-3-5-14-6-4-9)8(2)17(11)13(19)15-7/h3-6H,1-2H3,(H,15,19)(H,16,18). The minimum absolute atomic E-state index is 0.284. The van der Waals surface area contributed by atoms with Gasteiger partial charge in [-0.25, -0.2) is 4.79 Å². The Morgan fingerprint density at radius 2 is 1.79 bits per heavy atom. The Morgan fingerprint density at radius 3 is 2.47 bits per heavy atom. The molecule has 0 spiro atoms. The van der Waals surface area contributed by atoms with Crippen molar-refractivity contribution >= 4 is 5.52 Å². The zero-order valence-electron chi connectivity index (χ0n) is 10.5. The Morgan fingerprint density at radius 1 is 1.11 bits per heavy atom. The van der Waals surface area contributed by atoms with Crippen LogP contribution in [0.15, 0.2) is 34.1 Å². The van der Waals surface area contributed by atoms with Gasteiger partial charge in [0.1, 0.15) is 5.52 Å². The monoisotopic (exact) mass is 256 g/mol. The molecule has 6 nitrogen and oxygen atoms in total. The van der Waals surface area contributed by atoms with Gasteiger partial charge in [0.15, 0.2) is 0 Å². The van der Waals surface area contributed by atoms with Crippen molar-refractivity contribution in [2.45, 2.75) is 13.8 Å². The molecule has 0 unspecified atom stereocenters. The molecule has 3 aromatic heterocycles. The van der Waals surface area contributed by atoms with E-state index in [1.807, 2.05) is 0 Å². The van der Waals surface area contributed by atoms with E-state index in [0.29, 0.717) is 22.6 Å². The molecule has 0 fully saturated rings. The smallest absolute Gasteiger partial charge is 0.319 e. The quantitative estimate of drug-likeness (QED) is 0.681. The second-order valence-electron chi connectivity index (χ2n) is 4.39. The van der Waals surface area contributed by atoms with Crippen LogP contribution in [0.3, 0.4) is 0 Å². The number of imidazole rings is 1. The van der Waals surface area contributed by atoms with Gasteiger partial charge in [-0.1, -0.05) is 0 Å². The fraction of sp³-hybridized carbons (Fsp3) is 0.154. The van der Waals surface area contributed by atoms with Crippen LogP contribution >= 0.6 is 0 Å². The molecule has 0 amide bonds. The summed E-state index contributed by atoms with van der Waals surface area (Å²) in [5.74, 6) is 0. The molecule has 6 heteroatoms. The van der Waals surface area contributed by atoms with Crippen molar-refractivity contribution in [2.75, 3.05) is 0 Å². The fourth-order valence-corrected chi connectivity index (χ4v) is 2.31. The molecule has 19 heavy (non-hydrogen) atoms. The van der Waals surface area contributed by atoms with Gasteiger partial charge in [-0.05, 0) is 26.0 Å². The molecule has 0 aliphatic carbocycles. The minimum Gasteiger partial charge on any atom is -0.319 e. The molecule has 3 heterocycles. The molecule has 0 radical (unpaired) electrons. The van der Waals surface area contributed by atoms with Crippen LogP contribution in [0.4, 0.5) is 0 Å². The first kappa shape index (κ1) is 11.5. The zero-order chi connectivity index (χ0) is 13.6. The molecular weight excluding hydrogens is 244 g/mol. The second kappa shape index (κ2) is 3.94. The lowest BCUT2D eigenvalue weighted by molar-refractivity contribution is 0.977. The largest absolute Gasteiger partial charge is 0.330 e. The van der Waals surface area contributed by atoms with E-state index in [9.17, 15) is 9.59 Å². The van der Waals surface area contributed by atoms with Gasteiger partial charge < -0.3 is 9.97 Å². The average Bonchev–Trinajstić information content (AvgIpc) is 2.71. The van der Waals surface area contributed by atoms with E-state index in [2.05, 4.69) is 15.0 Å². The molecule has 0 atom stereocenters. The lowest BCUT2D eigenvalue weighted by Crippen LogP contribution is -2.20. The number of H-pyrrole nitrogens is 2. The van der Waals surface area contributed by atoms with E-state index < -0.39 is 0 Å². The normalized spacial score (nSPS) is 11.1. The summed E-state index contributed by atoms with van der Waals surface area (Å²) >= 11 is 0. The van der Waals surface area contributed by atoms with Crippen molar-refractivity contribution in [3.8, 4) is 11.3 Å². The number of aromatic nitrogens is 4. The van der Waals surface area contributed by atoms with Crippen LogP contribution in [0.1, 0.15) is 11.4 Å². The van der Waals surface area contributed by atoms with Crippen LogP contribution in [0, 0.1) is 13.8 Å². The Hall–Kier alpha value is -2.63. The molecule has 0 aliphatic heterocycles. The van der Waals surface area contributed by atoms with Crippen LogP contribution < -0.4 is 11.2 Å². The van der Waals surface area contributed by atoms with Crippen LogP contribution in [0.25, 0.3) is 16.8 Å². The van der Waals surface area contributed by atoms with Gasteiger partial charge in [-0.2, -0.15) is 0 Å². The summed E-state index contributed by atoms with van der Waals surface area (Å²) in [7, 11) is 0. The van der Waals surface area contributed by atoms with Gasteiger partial charge in [0.25, 0.3) is 5.56 Å². The van der Waals surface area contributed by atoms with E-state index in [4.69, 9.17) is 0 Å². The highest BCUT2D eigenvalue weighted by Gasteiger charge is 2.14. The van der Waals surface area contributed by atoms with Gasteiger partial charge in [-0.15, -0.1) is 0 Å². The first-order chi connectivity index (χ1) is 9.09. The number of pyridine rings is 1. The van der Waals surface area contributed by atoms with Crippen molar-refractivity contribution in [2.24, 2.45) is 0 Å². The summed E-state index contributed by atoms with van der Waals surface area (Å²) in [5.41, 5.74) is 2.48. The maximum Gasteiger partial charge on any atom is 0.330 e. The molecule has 3 rings (SSSR count). The molecule has 0 aromatic carbocycles. The van der Waals surface area contributed by atoms with E-state index in [1.165, 1.54) is 4.40 Å². The summed E-state index contributed by atoms with van der Waals surface area (Å²) in [5, 5.41) is 0. The van der Waals surface area contributed by atoms with Crippen LogP contribution in [0.5, 0.6) is 0 Å². The van der Waals surface area contributed by atoms with Gasteiger partial charge in [0.2, 0.25) is 0 Å². The number of fused-ring (bicyclic) bond motifs is 1. The molecule has 0 aliphatic rings. The van der Waals surface area contributed by atoms with E-state index >= 15 is 0 Å². The summed E-state index contributed by atoms with van der Waals surface area (Å²) in [6, 6.07) is 3.57. The van der Waals surface area contributed by atoms with E-state index in [-0.39, 0.29) is 11.2 Å². The molecule has 3 aromatic rings. The number of rotatable bonds is 1. The maximum absolute atomic E-state index is 12.1. The lowest BCUT2D eigenvalue weighted by atomic mass is 10.1. The number of nitrogens with zero attached hydrogens (tertiary/aromatic N) is 2. The molecular formula is C13H12N4O2. The topological polar surface area (TPSA) is 83.0 Å². The lowest BCUT2D eigenvalue weighted by Gasteiger charge is -2.07. The molecule has 2 N–H and O–H groups in total. The van der Waals surface area contributed by atoms with Crippen LogP contribution in [0.2, 0.25) is 0 Å². The summed E-state index contributed by atoms with van der Waals surface area (Å²) < 4.78 is 1.41. The number of hydrogen-bond acceptors (Lipinski definition) is 3. The van der Waals surface area contributed by atoms with Crippen molar-refractivity contribution in [3.63, 3.8) is 0 Å². The fourth-order valence-electron chi connectivity index (χ4n) is 2.31. The Kier molecular flexibility index (Phi) is 2.38.